The van der Waals surface area contributed by atoms with Crippen LogP contribution in [-0.2, 0) is 13.1 Å². The average molecular weight is 225 g/mol. The van der Waals surface area contributed by atoms with Crippen LogP contribution in [0.3, 0.4) is 0 Å². The van der Waals surface area contributed by atoms with Crippen molar-refractivity contribution in [2.24, 2.45) is 5.73 Å². The molecule has 0 bridgehead atoms. The molecule has 1 atom stereocenters. The number of nitrogens with two attached hydrogens (primary N) is 1. The quantitative estimate of drug-likeness (QED) is 0.701. The van der Waals surface area contributed by atoms with E-state index in [9.17, 15) is 0 Å². The van der Waals surface area contributed by atoms with Gasteiger partial charge in [0.2, 0.25) is 0 Å². The summed E-state index contributed by atoms with van der Waals surface area (Å²) in [5, 5.41) is 17.0. The van der Waals surface area contributed by atoms with Gasteiger partial charge in [0.25, 0.3) is 0 Å². The number of aliphatic hydroxyl groups is 1. The van der Waals surface area contributed by atoms with Gasteiger partial charge in [-0.15, -0.1) is 10.2 Å². The molecule has 1 aromatic heterocycles. The van der Waals surface area contributed by atoms with Crippen LogP contribution in [0.4, 0.5) is 0 Å². The highest BCUT2D eigenvalue weighted by molar-refractivity contribution is 4.90. The monoisotopic (exact) mass is 225 g/mol. The molecule has 3 N–H and O–H groups in total. The number of aliphatic hydroxyl groups excluding tert-OH is 1. The SMILES string of the molecule is CC(N)(CO)CCN1CCn2cnnc2C1. The van der Waals surface area contributed by atoms with Crippen LogP contribution in [-0.4, -0.2) is 50.0 Å². The van der Waals surface area contributed by atoms with Crippen LogP contribution in [0, 0.1) is 0 Å². The summed E-state index contributed by atoms with van der Waals surface area (Å²) in [5.74, 6) is 1.01. The molecule has 0 aromatic carbocycles. The minimum atomic E-state index is -0.481. The lowest BCUT2D eigenvalue weighted by molar-refractivity contribution is 0.158. The molecule has 0 spiro atoms. The molecular weight excluding hydrogens is 206 g/mol. The van der Waals surface area contributed by atoms with Gasteiger partial charge in [-0.05, 0) is 13.3 Å². The van der Waals surface area contributed by atoms with Crippen LogP contribution in [0.2, 0.25) is 0 Å². The van der Waals surface area contributed by atoms with Crippen molar-refractivity contribution in [2.75, 3.05) is 19.7 Å². The van der Waals surface area contributed by atoms with Gasteiger partial charge >= 0.3 is 0 Å². The molecule has 1 aromatic rings. The predicted molar refractivity (Wildman–Crippen MR) is 59.6 cm³/mol. The van der Waals surface area contributed by atoms with Gasteiger partial charge in [-0.2, -0.15) is 0 Å². The third kappa shape index (κ3) is 2.58. The zero-order valence-electron chi connectivity index (χ0n) is 9.63. The molecule has 0 saturated heterocycles. The van der Waals surface area contributed by atoms with E-state index in [1.807, 2.05) is 6.92 Å². The van der Waals surface area contributed by atoms with Crippen molar-refractivity contribution >= 4 is 0 Å². The Morgan fingerprint density at radius 2 is 2.38 bits per heavy atom. The van der Waals surface area contributed by atoms with Crippen molar-refractivity contribution in [3.63, 3.8) is 0 Å². The van der Waals surface area contributed by atoms with E-state index in [0.717, 1.165) is 38.4 Å². The van der Waals surface area contributed by atoms with Gasteiger partial charge in [0, 0.05) is 25.2 Å². The molecule has 1 aliphatic heterocycles. The molecule has 2 rings (SSSR count). The molecule has 0 radical (unpaired) electrons. The number of hydrogen-bond acceptors (Lipinski definition) is 5. The van der Waals surface area contributed by atoms with E-state index in [-0.39, 0.29) is 6.61 Å². The van der Waals surface area contributed by atoms with Crippen LogP contribution >= 0.6 is 0 Å². The zero-order valence-corrected chi connectivity index (χ0v) is 9.63. The zero-order chi connectivity index (χ0) is 11.6. The van der Waals surface area contributed by atoms with E-state index >= 15 is 0 Å². The molecule has 1 aliphatic rings. The first-order valence-electron chi connectivity index (χ1n) is 5.59. The van der Waals surface area contributed by atoms with E-state index in [2.05, 4.69) is 19.7 Å². The van der Waals surface area contributed by atoms with E-state index in [1.54, 1.807) is 6.33 Å². The normalized spacial score (nSPS) is 20.4. The van der Waals surface area contributed by atoms with Gasteiger partial charge in [0.15, 0.2) is 0 Å². The molecule has 0 saturated carbocycles. The largest absolute Gasteiger partial charge is 0.394 e. The van der Waals surface area contributed by atoms with Crippen molar-refractivity contribution in [3.8, 4) is 0 Å². The first-order chi connectivity index (χ1) is 7.61. The van der Waals surface area contributed by atoms with Crippen molar-refractivity contribution in [1.82, 2.24) is 19.7 Å². The Balaban J connectivity index is 1.86. The predicted octanol–water partition coefficient (Wildman–Crippen LogP) is -0.806. The van der Waals surface area contributed by atoms with Crippen molar-refractivity contribution in [3.05, 3.63) is 12.2 Å². The minimum absolute atomic E-state index is 0.0248. The summed E-state index contributed by atoms with van der Waals surface area (Å²) >= 11 is 0. The summed E-state index contributed by atoms with van der Waals surface area (Å²) in [6.07, 6.45) is 2.56. The number of nitrogens with zero attached hydrogens (tertiary/aromatic N) is 4. The molecule has 90 valence electrons. The van der Waals surface area contributed by atoms with E-state index in [4.69, 9.17) is 10.8 Å². The highest BCUT2D eigenvalue weighted by atomic mass is 16.3. The fraction of sp³-hybridized carbons (Fsp3) is 0.800. The Morgan fingerprint density at radius 1 is 1.56 bits per heavy atom. The van der Waals surface area contributed by atoms with Gasteiger partial charge in [0.05, 0.1) is 13.2 Å². The van der Waals surface area contributed by atoms with Gasteiger partial charge in [-0.25, -0.2) is 0 Å². The molecule has 6 heteroatoms. The Hall–Kier alpha value is -0.980. The molecule has 1 unspecified atom stereocenters. The number of fused-ring (bicyclic) bond motifs is 1. The van der Waals surface area contributed by atoms with Gasteiger partial charge < -0.3 is 15.4 Å². The lowest BCUT2D eigenvalue weighted by atomic mass is 10.0. The summed E-state index contributed by atoms with van der Waals surface area (Å²) in [6.45, 7) is 5.54. The van der Waals surface area contributed by atoms with Crippen LogP contribution < -0.4 is 5.73 Å². The molecule has 2 heterocycles. The summed E-state index contributed by atoms with van der Waals surface area (Å²) < 4.78 is 2.07. The lowest BCUT2D eigenvalue weighted by Gasteiger charge is -2.30. The maximum absolute atomic E-state index is 9.08. The Bertz CT molecular complexity index is 349. The third-order valence-corrected chi connectivity index (χ3v) is 3.08. The van der Waals surface area contributed by atoms with Crippen LogP contribution in [0.15, 0.2) is 6.33 Å². The van der Waals surface area contributed by atoms with Gasteiger partial charge in [-0.1, -0.05) is 0 Å². The minimum Gasteiger partial charge on any atom is -0.394 e. The van der Waals surface area contributed by atoms with Crippen molar-refractivity contribution in [2.45, 2.75) is 32.0 Å². The van der Waals surface area contributed by atoms with Crippen molar-refractivity contribution < 1.29 is 5.11 Å². The number of hydrogen-bond donors (Lipinski definition) is 2. The first-order valence-corrected chi connectivity index (χ1v) is 5.59. The highest BCUT2D eigenvalue weighted by Crippen LogP contribution is 2.12. The van der Waals surface area contributed by atoms with Crippen molar-refractivity contribution in [1.29, 1.82) is 0 Å². The Kier molecular flexibility index (Phi) is 3.22. The summed E-state index contributed by atoms with van der Waals surface area (Å²) in [4.78, 5) is 2.30. The summed E-state index contributed by atoms with van der Waals surface area (Å²) in [6, 6.07) is 0. The fourth-order valence-corrected chi connectivity index (χ4v) is 1.80. The second-order valence-electron chi connectivity index (χ2n) is 4.78. The number of aromatic nitrogens is 3. The Morgan fingerprint density at radius 3 is 3.12 bits per heavy atom. The molecule has 6 nitrogen and oxygen atoms in total. The molecule has 0 fully saturated rings. The van der Waals surface area contributed by atoms with Crippen LogP contribution in [0.1, 0.15) is 19.2 Å². The maximum atomic E-state index is 9.08. The van der Waals surface area contributed by atoms with Crippen LogP contribution in [0.5, 0.6) is 0 Å². The van der Waals surface area contributed by atoms with Gasteiger partial charge in [-0.3, -0.25) is 4.90 Å². The molecule has 0 amide bonds. The second-order valence-corrected chi connectivity index (χ2v) is 4.78. The van der Waals surface area contributed by atoms with Crippen LogP contribution in [0.25, 0.3) is 0 Å². The smallest absolute Gasteiger partial charge is 0.147 e. The molecular formula is C10H19N5O. The van der Waals surface area contributed by atoms with E-state index < -0.39 is 5.54 Å². The number of rotatable bonds is 4. The standard InChI is InChI=1S/C10H19N5O/c1-10(11,7-16)2-3-14-4-5-15-8-12-13-9(15)6-14/h8,16H,2-7,11H2,1H3. The molecule has 16 heavy (non-hydrogen) atoms. The Labute approximate surface area is 95.1 Å². The second kappa shape index (κ2) is 4.48. The fourth-order valence-electron chi connectivity index (χ4n) is 1.80. The third-order valence-electron chi connectivity index (χ3n) is 3.08. The van der Waals surface area contributed by atoms with Gasteiger partial charge in [0.1, 0.15) is 12.2 Å². The highest BCUT2D eigenvalue weighted by Gasteiger charge is 2.21. The van der Waals surface area contributed by atoms with E-state index in [1.165, 1.54) is 0 Å². The molecule has 0 aliphatic carbocycles. The van der Waals surface area contributed by atoms with E-state index in [0.29, 0.717) is 0 Å². The topological polar surface area (TPSA) is 80.2 Å². The lowest BCUT2D eigenvalue weighted by Crippen LogP contribution is -2.44. The maximum Gasteiger partial charge on any atom is 0.147 e. The first kappa shape index (κ1) is 11.5. The average Bonchev–Trinajstić information content (AvgIpc) is 2.73. The summed E-state index contributed by atoms with van der Waals surface area (Å²) in [5.41, 5.74) is 5.42. The summed E-state index contributed by atoms with van der Waals surface area (Å²) in [7, 11) is 0.